The van der Waals surface area contributed by atoms with E-state index >= 15 is 0 Å². The Morgan fingerprint density at radius 3 is 2.28 bits per heavy atom. The molecule has 13 heteroatoms. The van der Waals surface area contributed by atoms with Crippen molar-refractivity contribution in [2.75, 3.05) is 43.7 Å². The predicted octanol–water partition coefficient (Wildman–Crippen LogP) is 2.83. The number of fused-ring (bicyclic) bond motifs is 4. The second kappa shape index (κ2) is 11.1. The highest BCUT2D eigenvalue weighted by Crippen LogP contribution is 2.54. The second-order valence-corrected chi connectivity index (χ2v) is 12.6. The van der Waals surface area contributed by atoms with Gasteiger partial charge in [-0.15, -0.1) is 0 Å². The van der Waals surface area contributed by atoms with Crippen LogP contribution in [0.5, 0.6) is 5.75 Å². The van der Waals surface area contributed by atoms with Gasteiger partial charge in [0.15, 0.2) is 17.1 Å². The van der Waals surface area contributed by atoms with E-state index in [-0.39, 0.29) is 29.7 Å². The molecule has 0 saturated heterocycles. The molecule has 1 saturated carbocycles. The highest BCUT2D eigenvalue weighted by molar-refractivity contribution is 6.24. The van der Waals surface area contributed by atoms with Gasteiger partial charge in [0, 0.05) is 36.7 Å². The summed E-state index contributed by atoms with van der Waals surface area (Å²) in [5.74, 6) is -7.49. The first kappa shape index (κ1) is 31.6. The monoisotopic (exact) mass is 641 g/mol. The van der Waals surface area contributed by atoms with E-state index in [1.165, 1.54) is 4.90 Å². The fraction of sp³-hybridized carbons (Fsp3) is 0.294. The molecule has 0 heterocycles. The highest BCUT2D eigenvalue weighted by Gasteiger charge is 2.64. The lowest BCUT2D eigenvalue weighted by atomic mass is 9.57. The minimum Gasteiger partial charge on any atom is -0.508 e. The highest BCUT2D eigenvalue weighted by atomic mass is 16.3. The normalized spacial score (nSPS) is 23.7. The molecule has 6 rings (SSSR count). The summed E-state index contributed by atoms with van der Waals surface area (Å²) in [7, 11) is 6.56. The summed E-state index contributed by atoms with van der Waals surface area (Å²) in [5, 5.41) is 53.2. The lowest BCUT2D eigenvalue weighted by Gasteiger charge is -2.50. The summed E-state index contributed by atoms with van der Waals surface area (Å²) in [6.45, 7) is 0. The van der Waals surface area contributed by atoms with Crippen molar-refractivity contribution in [3.8, 4) is 5.75 Å². The number of nitrogens with zero attached hydrogens (tertiary/aromatic N) is 2. The number of nitrogens with one attached hydrogen (secondary N) is 2. The number of carbonyl (C=O) groups is 4. The van der Waals surface area contributed by atoms with Gasteiger partial charge in [0.25, 0.3) is 5.91 Å². The average molecular weight is 642 g/mol. The molecule has 0 unspecified atom stereocenters. The van der Waals surface area contributed by atoms with Gasteiger partial charge in [-0.3, -0.25) is 19.3 Å². The zero-order chi connectivity index (χ0) is 34.1. The number of carbonyl (C=O) groups excluding carboxylic acids is 4. The third-order valence-electron chi connectivity index (χ3n) is 9.47. The number of benzene rings is 3. The van der Waals surface area contributed by atoms with Crippen molar-refractivity contribution < 1.29 is 39.6 Å². The first-order valence-corrected chi connectivity index (χ1v) is 14.9. The summed E-state index contributed by atoms with van der Waals surface area (Å²) < 4.78 is 0. The minimum absolute atomic E-state index is 0.0349. The van der Waals surface area contributed by atoms with Crippen molar-refractivity contribution in [3.63, 3.8) is 0 Å². The summed E-state index contributed by atoms with van der Waals surface area (Å²) in [4.78, 5) is 56.1. The topological polar surface area (TPSA) is 206 Å². The van der Waals surface area contributed by atoms with E-state index in [1.54, 1.807) is 51.3 Å². The van der Waals surface area contributed by atoms with Gasteiger partial charge < -0.3 is 41.7 Å². The van der Waals surface area contributed by atoms with Crippen LogP contribution in [0.15, 0.2) is 65.4 Å². The molecule has 47 heavy (non-hydrogen) atoms. The van der Waals surface area contributed by atoms with Crippen LogP contribution in [0.1, 0.15) is 17.5 Å². The number of hydrogen-bond acceptors (Lipinski definition) is 10. The zero-order valence-electron chi connectivity index (χ0n) is 26.2. The maximum Gasteiger partial charge on any atom is 0.323 e. The molecule has 0 radical (unpaired) electrons. The van der Waals surface area contributed by atoms with Crippen LogP contribution in [0.3, 0.4) is 0 Å². The van der Waals surface area contributed by atoms with Gasteiger partial charge in [0.1, 0.15) is 17.1 Å². The molecule has 244 valence electrons. The maximum absolute atomic E-state index is 14.2. The number of anilines is 3. The largest absolute Gasteiger partial charge is 0.508 e. The SMILES string of the molecule is CN(C)c1cc(NC(=O)Nc2cccc3ccccc23)c(O)c2c1C[C@H]1C[C@@H]3[C@H](N(C)C)C(=O)C(C(N)=O)=C(O)[C@@]3(O)C(=O)C1=C2O. The quantitative estimate of drug-likeness (QED) is 0.160. The van der Waals surface area contributed by atoms with E-state index in [0.717, 1.165) is 10.8 Å². The molecular formula is C34H35N5O8. The fourth-order valence-electron chi connectivity index (χ4n) is 7.40. The predicted molar refractivity (Wildman–Crippen MR) is 175 cm³/mol. The van der Waals surface area contributed by atoms with Crippen LogP contribution in [-0.4, -0.2) is 88.7 Å². The van der Waals surface area contributed by atoms with Crippen molar-refractivity contribution >= 4 is 57.1 Å². The van der Waals surface area contributed by atoms with E-state index in [1.807, 2.05) is 30.3 Å². The molecule has 8 N–H and O–H groups in total. The van der Waals surface area contributed by atoms with Crippen LogP contribution in [0.25, 0.3) is 16.5 Å². The van der Waals surface area contributed by atoms with Crippen molar-refractivity contribution in [1.29, 1.82) is 0 Å². The Hall–Kier alpha value is -5.40. The second-order valence-electron chi connectivity index (χ2n) is 12.6. The van der Waals surface area contributed by atoms with Crippen LogP contribution >= 0.6 is 0 Å². The standard InChI is InChI=1S/C34H35N5O8/c1-38(2)22-14-21(37-33(46)36-20-11-7-9-15-8-5-6-10-17(15)20)27(40)24-18(22)12-16-13-19-26(39(3)4)29(42)25(32(35)45)31(44)34(19,47)30(43)23(16)28(24)41/h5-11,14,16,19,26,40-41,44,47H,12-13H2,1-4H3,(H2,35,45)(H2,36,37,46)/t16-,19+,26-,34-/m0/s1. The van der Waals surface area contributed by atoms with Gasteiger partial charge in [0.2, 0.25) is 5.78 Å². The molecule has 0 bridgehead atoms. The van der Waals surface area contributed by atoms with Crippen molar-refractivity contribution in [2.24, 2.45) is 17.6 Å². The van der Waals surface area contributed by atoms with Crippen LogP contribution in [0, 0.1) is 11.8 Å². The smallest absolute Gasteiger partial charge is 0.323 e. The third kappa shape index (κ3) is 4.69. The molecule has 13 nitrogen and oxygen atoms in total. The fourth-order valence-corrected chi connectivity index (χ4v) is 7.40. The number of Topliss-reactive ketones (excluding diaryl/α,β-unsaturated/α-hetero) is 2. The van der Waals surface area contributed by atoms with Crippen LogP contribution in [-0.2, 0) is 20.8 Å². The van der Waals surface area contributed by atoms with Crippen molar-refractivity contribution in [3.05, 3.63) is 76.6 Å². The molecule has 3 aromatic rings. The average Bonchev–Trinajstić information content (AvgIpc) is 3.00. The van der Waals surface area contributed by atoms with Crippen LogP contribution < -0.4 is 21.3 Å². The maximum atomic E-state index is 14.2. The lowest BCUT2D eigenvalue weighted by molar-refractivity contribution is -0.153. The third-order valence-corrected chi connectivity index (χ3v) is 9.47. The Labute approximate surface area is 269 Å². The molecule has 1 fully saturated rings. The molecule has 0 aromatic heterocycles. The molecule has 3 aliphatic carbocycles. The number of hydrogen-bond donors (Lipinski definition) is 7. The Morgan fingerprint density at radius 1 is 0.957 bits per heavy atom. The molecule has 0 aliphatic heterocycles. The number of rotatable bonds is 5. The minimum atomic E-state index is -2.75. The summed E-state index contributed by atoms with van der Waals surface area (Å²) in [5.41, 5.74) is 2.81. The van der Waals surface area contributed by atoms with Crippen LogP contribution in [0.2, 0.25) is 0 Å². The molecule has 0 spiro atoms. The number of primary amides is 1. The molecular weight excluding hydrogens is 606 g/mol. The number of phenolic OH excluding ortho intramolecular Hbond substituents is 1. The number of likely N-dealkylation sites (N-methyl/N-ethyl adjacent to an activating group) is 1. The Kier molecular flexibility index (Phi) is 7.48. The van der Waals surface area contributed by atoms with Gasteiger partial charge in [0.05, 0.1) is 23.0 Å². The van der Waals surface area contributed by atoms with Gasteiger partial charge in [-0.05, 0) is 55.9 Å². The van der Waals surface area contributed by atoms with Crippen molar-refractivity contribution in [2.45, 2.75) is 24.5 Å². The summed E-state index contributed by atoms with van der Waals surface area (Å²) in [6, 6.07) is 12.6. The number of phenols is 1. The van der Waals surface area contributed by atoms with Gasteiger partial charge in [-0.25, -0.2) is 4.79 Å². The number of aliphatic hydroxyl groups excluding tert-OH is 2. The molecule has 3 aromatic carbocycles. The number of amides is 3. The number of ketones is 2. The number of urea groups is 1. The summed E-state index contributed by atoms with van der Waals surface area (Å²) >= 11 is 0. The molecule has 4 atom stereocenters. The Balaban J connectivity index is 1.45. The summed E-state index contributed by atoms with van der Waals surface area (Å²) in [6.07, 6.45) is 0.0743. The number of aliphatic hydroxyl groups is 3. The lowest BCUT2D eigenvalue weighted by Crippen LogP contribution is -2.65. The first-order valence-electron chi connectivity index (χ1n) is 14.9. The van der Waals surface area contributed by atoms with Gasteiger partial charge in [-0.1, -0.05) is 36.4 Å². The van der Waals surface area contributed by atoms with E-state index in [9.17, 15) is 39.6 Å². The first-order chi connectivity index (χ1) is 22.2. The Bertz CT molecular complexity index is 1960. The Morgan fingerprint density at radius 2 is 1.62 bits per heavy atom. The number of nitrogens with two attached hydrogens (primary N) is 1. The van der Waals surface area contributed by atoms with E-state index in [0.29, 0.717) is 16.9 Å². The van der Waals surface area contributed by atoms with E-state index in [4.69, 9.17) is 5.73 Å². The molecule has 3 amide bonds. The van der Waals surface area contributed by atoms with Gasteiger partial charge in [-0.2, -0.15) is 0 Å². The van der Waals surface area contributed by atoms with Crippen molar-refractivity contribution in [1.82, 2.24) is 4.90 Å². The number of aromatic hydroxyl groups is 1. The van der Waals surface area contributed by atoms with Gasteiger partial charge >= 0.3 is 6.03 Å². The zero-order valence-corrected chi connectivity index (χ0v) is 26.2. The molecule has 3 aliphatic rings. The van der Waals surface area contributed by atoms with Crippen LogP contribution in [0.4, 0.5) is 21.9 Å². The van der Waals surface area contributed by atoms with E-state index < -0.39 is 69.8 Å². The van der Waals surface area contributed by atoms with E-state index in [2.05, 4.69) is 10.6 Å².